The summed E-state index contributed by atoms with van der Waals surface area (Å²) in [6.07, 6.45) is 8.73. The maximum Gasteiger partial charge on any atom is 0.255 e. The molecule has 0 bridgehead atoms. The van der Waals surface area contributed by atoms with Crippen molar-refractivity contribution >= 4 is 34.8 Å². The number of primary amides is 1. The third kappa shape index (κ3) is 5.80. The molecule has 0 aliphatic carbocycles. The Labute approximate surface area is 198 Å². The summed E-state index contributed by atoms with van der Waals surface area (Å²) in [7, 11) is 0. The summed E-state index contributed by atoms with van der Waals surface area (Å²) in [6, 6.07) is 11.9. The van der Waals surface area contributed by atoms with Crippen molar-refractivity contribution in [1.82, 2.24) is 9.55 Å². The lowest BCUT2D eigenvalue weighted by Gasteiger charge is -2.30. The highest BCUT2D eigenvalue weighted by molar-refractivity contribution is 6.08. The van der Waals surface area contributed by atoms with Gasteiger partial charge in [-0.15, -0.1) is 0 Å². The van der Waals surface area contributed by atoms with Crippen molar-refractivity contribution in [3.63, 3.8) is 0 Å². The van der Waals surface area contributed by atoms with Gasteiger partial charge in [0.2, 0.25) is 11.8 Å². The van der Waals surface area contributed by atoms with E-state index in [1.54, 1.807) is 55.1 Å². The average molecular weight is 461 g/mol. The van der Waals surface area contributed by atoms with E-state index in [0.29, 0.717) is 29.0 Å². The number of hydrogen-bond donors (Lipinski definition) is 3. The molecule has 176 valence electrons. The molecule has 1 aliphatic heterocycles. The molecule has 0 saturated carbocycles. The standard InChI is InChI=1S/C25H28N6O3/c26-24(33)18-7-8-22(31-11-2-1-3-12-31)21(16-18)29-25(34)19-5-4-6-20(15-19)28-23(32)9-13-30-14-10-27-17-30/h4-8,10,14-17H,1-3,9,11-13H2,(H2,26,33)(H,28,32)(H,29,34). The number of nitrogens with two attached hydrogens (primary N) is 1. The zero-order valence-corrected chi connectivity index (χ0v) is 18.9. The first-order valence-electron chi connectivity index (χ1n) is 11.4. The van der Waals surface area contributed by atoms with Crippen LogP contribution in [0.5, 0.6) is 0 Å². The summed E-state index contributed by atoms with van der Waals surface area (Å²) in [5.74, 6) is -1.05. The molecular weight excluding hydrogens is 432 g/mol. The van der Waals surface area contributed by atoms with Crippen LogP contribution in [-0.2, 0) is 11.3 Å². The smallest absolute Gasteiger partial charge is 0.255 e. The second kappa shape index (κ2) is 10.7. The van der Waals surface area contributed by atoms with Crippen LogP contribution >= 0.6 is 0 Å². The van der Waals surface area contributed by atoms with Gasteiger partial charge >= 0.3 is 0 Å². The molecule has 1 aliphatic rings. The number of rotatable bonds is 8. The fourth-order valence-corrected chi connectivity index (χ4v) is 4.01. The van der Waals surface area contributed by atoms with Gasteiger partial charge in [0.25, 0.3) is 5.91 Å². The van der Waals surface area contributed by atoms with Crippen LogP contribution in [0.15, 0.2) is 61.2 Å². The van der Waals surface area contributed by atoms with E-state index in [9.17, 15) is 14.4 Å². The third-order valence-corrected chi connectivity index (χ3v) is 5.79. The van der Waals surface area contributed by atoms with E-state index in [0.717, 1.165) is 31.6 Å². The molecule has 4 rings (SSSR count). The molecule has 2 heterocycles. The van der Waals surface area contributed by atoms with Crippen LogP contribution in [0.3, 0.4) is 0 Å². The molecule has 3 amide bonds. The van der Waals surface area contributed by atoms with Gasteiger partial charge in [0.05, 0.1) is 17.7 Å². The Bertz CT molecular complexity index is 1170. The number of benzene rings is 2. The van der Waals surface area contributed by atoms with Gasteiger partial charge in [-0.1, -0.05) is 6.07 Å². The van der Waals surface area contributed by atoms with Crippen LogP contribution in [0.2, 0.25) is 0 Å². The molecule has 34 heavy (non-hydrogen) atoms. The molecule has 0 unspecified atom stereocenters. The van der Waals surface area contributed by atoms with Crippen molar-refractivity contribution in [3.8, 4) is 0 Å². The fourth-order valence-electron chi connectivity index (χ4n) is 4.01. The van der Waals surface area contributed by atoms with Crippen LogP contribution in [0.25, 0.3) is 0 Å². The number of nitrogens with zero attached hydrogens (tertiary/aromatic N) is 3. The van der Waals surface area contributed by atoms with Gasteiger partial charge in [0, 0.05) is 55.3 Å². The SMILES string of the molecule is NC(=O)c1ccc(N2CCCCC2)c(NC(=O)c2cccc(NC(=O)CCn3ccnc3)c2)c1. The topological polar surface area (TPSA) is 122 Å². The third-order valence-electron chi connectivity index (χ3n) is 5.79. The highest BCUT2D eigenvalue weighted by Crippen LogP contribution is 2.30. The van der Waals surface area contributed by atoms with E-state index >= 15 is 0 Å². The number of nitrogens with one attached hydrogen (secondary N) is 2. The number of anilines is 3. The van der Waals surface area contributed by atoms with E-state index in [1.165, 1.54) is 6.42 Å². The minimum Gasteiger partial charge on any atom is -0.370 e. The summed E-state index contributed by atoms with van der Waals surface area (Å²) in [4.78, 5) is 43.3. The molecule has 3 aromatic rings. The lowest BCUT2D eigenvalue weighted by atomic mass is 10.1. The number of aromatic nitrogens is 2. The van der Waals surface area contributed by atoms with Crippen LogP contribution in [0, 0.1) is 0 Å². The number of aryl methyl sites for hydroxylation is 1. The molecule has 2 aromatic carbocycles. The van der Waals surface area contributed by atoms with E-state index in [1.807, 2.05) is 10.6 Å². The lowest BCUT2D eigenvalue weighted by molar-refractivity contribution is -0.116. The molecule has 1 saturated heterocycles. The van der Waals surface area contributed by atoms with Gasteiger partial charge in [-0.3, -0.25) is 14.4 Å². The first-order valence-corrected chi connectivity index (χ1v) is 11.4. The van der Waals surface area contributed by atoms with E-state index < -0.39 is 5.91 Å². The number of amides is 3. The largest absolute Gasteiger partial charge is 0.370 e. The molecule has 0 atom stereocenters. The molecule has 1 aromatic heterocycles. The first-order chi connectivity index (χ1) is 16.5. The van der Waals surface area contributed by atoms with Gasteiger partial charge in [-0.2, -0.15) is 0 Å². The van der Waals surface area contributed by atoms with Gasteiger partial charge in [0.1, 0.15) is 0 Å². The predicted octanol–water partition coefficient (Wildman–Crippen LogP) is 3.25. The highest BCUT2D eigenvalue weighted by atomic mass is 16.2. The Kier molecular flexibility index (Phi) is 7.22. The lowest BCUT2D eigenvalue weighted by Crippen LogP contribution is -2.30. The van der Waals surface area contributed by atoms with Crippen LogP contribution < -0.4 is 21.3 Å². The quantitative estimate of drug-likeness (QED) is 0.476. The molecule has 9 nitrogen and oxygen atoms in total. The van der Waals surface area contributed by atoms with Crippen LogP contribution in [-0.4, -0.2) is 40.4 Å². The zero-order valence-electron chi connectivity index (χ0n) is 18.9. The maximum atomic E-state index is 13.1. The van der Waals surface area contributed by atoms with E-state index in [4.69, 9.17) is 5.73 Å². The fraction of sp³-hybridized carbons (Fsp3) is 0.280. The Morgan fingerprint density at radius 3 is 2.53 bits per heavy atom. The monoisotopic (exact) mass is 460 g/mol. The Morgan fingerprint density at radius 2 is 1.79 bits per heavy atom. The number of imidazole rings is 1. The van der Waals surface area contributed by atoms with Gasteiger partial charge in [0.15, 0.2) is 0 Å². The highest BCUT2D eigenvalue weighted by Gasteiger charge is 2.18. The summed E-state index contributed by atoms with van der Waals surface area (Å²) in [5.41, 5.74) is 8.12. The molecule has 1 fully saturated rings. The van der Waals surface area contributed by atoms with E-state index in [-0.39, 0.29) is 18.2 Å². The summed E-state index contributed by atoms with van der Waals surface area (Å²) in [6.45, 7) is 2.29. The van der Waals surface area contributed by atoms with Gasteiger partial charge in [-0.25, -0.2) is 4.98 Å². The zero-order chi connectivity index (χ0) is 23.9. The summed E-state index contributed by atoms with van der Waals surface area (Å²) >= 11 is 0. The molecule has 4 N–H and O–H groups in total. The Balaban J connectivity index is 1.47. The molecule has 0 radical (unpaired) electrons. The van der Waals surface area contributed by atoms with Crippen molar-refractivity contribution in [2.45, 2.75) is 32.2 Å². The number of piperidine rings is 1. The van der Waals surface area contributed by atoms with Crippen molar-refractivity contribution < 1.29 is 14.4 Å². The summed E-state index contributed by atoms with van der Waals surface area (Å²) in [5, 5.41) is 5.76. The minimum absolute atomic E-state index is 0.159. The normalized spacial score (nSPS) is 13.4. The number of carbonyl (C=O) groups excluding carboxylic acids is 3. The van der Waals surface area contributed by atoms with Crippen molar-refractivity contribution in [2.24, 2.45) is 5.73 Å². The Morgan fingerprint density at radius 1 is 0.971 bits per heavy atom. The van der Waals surface area contributed by atoms with Gasteiger partial charge in [-0.05, 0) is 55.7 Å². The summed E-state index contributed by atoms with van der Waals surface area (Å²) < 4.78 is 1.82. The maximum absolute atomic E-state index is 13.1. The number of carbonyl (C=O) groups is 3. The van der Waals surface area contributed by atoms with Gasteiger partial charge < -0.3 is 25.8 Å². The predicted molar refractivity (Wildman–Crippen MR) is 131 cm³/mol. The van der Waals surface area contributed by atoms with Crippen molar-refractivity contribution in [3.05, 3.63) is 72.3 Å². The molecular formula is C25H28N6O3. The van der Waals surface area contributed by atoms with Crippen LogP contribution in [0.1, 0.15) is 46.4 Å². The number of hydrogen-bond acceptors (Lipinski definition) is 5. The second-order valence-electron chi connectivity index (χ2n) is 8.28. The van der Waals surface area contributed by atoms with Crippen molar-refractivity contribution in [2.75, 3.05) is 28.6 Å². The van der Waals surface area contributed by atoms with Crippen molar-refractivity contribution in [1.29, 1.82) is 0 Å². The Hall–Kier alpha value is -4.14. The first kappa shape index (κ1) is 23.0. The molecule has 9 heteroatoms. The van der Waals surface area contributed by atoms with E-state index in [2.05, 4.69) is 20.5 Å². The minimum atomic E-state index is -0.555. The average Bonchev–Trinajstić information content (AvgIpc) is 3.37. The van der Waals surface area contributed by atoms with Crippen LogP contribution in [0.4, 0.5) is 17.1 Å². The molecule has 0 spiro atoms. The second-order valence-corrected chi connectivity index (χ2v) is 8.28.